The van der Waals surface area contributed by atoms with Crippen LogP contribution in [-0.2, 0) is 9.59 Å². The van der Waals surface area contributed by atoms with Crippen molar-refractivity contribution < 1.29 is 14.3 Å². The van der Waals surface area contributed by atoms with Crippen LogP contribution in [0.3, 0.4) is 0 Å². The van der Waals surface area contributed by atoms with Crippen LogP contribution in [0.2, 0.25) is 0 Å². The van der Waals surface area contributed by atoms with Crippen LogP contribution < -0.4 is 14.5 Å². The summed E-state index contributed by atoms with van der Waals surface area (Å²) in [6.07, 6.45) is 2.12. The number of ether oxygens (including phenoxy) is 1. The first-order valence-corrected chi connectivity index (χ1v) is 9.55. The monoisotopic (exact) mass is 372 g/mol. The first kappa shape index (κ1) is 16.8. The fraction of sp³-hybridized carbons (Fsp3) is 0.389. The first-order chi connectivity index (χ1) is 12.7. The quantitative estimate of drug-likeness (QED) is 0.816. The van der Waals surface area contributed by atoms with Gasteiger partial charge in [0.1, 0.15) is 5.75 Å². The van der Waals surface area contributed by atoms with Gasteiger partial charge in [-0.05, 0) is 12.1 Å². The molecule has 0 N–H and O–H groups in total. The lowest BCUT2D eigenvalue weighted by Crippen LogP contribution is -2.49. The van der Waals surface area contributed by atoms with Crippen molar-refractivity contribution in [2.75, 3.05) is 49.1 Å². The van der Waals surface area contributed by atoms with E-state index in [-0.39, 0.29) is 18.4 Å². The van der Waals surface area contributed by atoms with Crippen LogP contribution in [0.15, 0.2) is 35.8 Å². The average Bonchev–Trinajstić information content (AvgIpc) is 3.22. The second kappa shape index (κ2) is 7.33. The summed E-state index contributed by atoms with van der Waals surface area (Å²) >= 11 is 1.62. The minimum Gasteiger partial charge on any atom is -0.482 e. The van der Waals surface area contributed by atoms with E-state index >= 15 is 0 Å². The Balaban J connectivity index is 1.33. The average molecular weight is 372 g/mol. The summed E-state index contributed by atoms with van der Waals surface area (Å²) in [5.74, 6) is 0.669. The standard InChI is InChI=1S/C18H20N4O3S/c23-16(20-8-10-21(11-9-20)18-19-6-12-26-18)5-7-22-14-3-1-2-4-15(14)25-13-17(22)24/h1-4,6,12H,5,7-11,13H2. The Morgan fingerprint density at radius 2 is 2.00 bits per heavy atom. The summed E-state index contributed by atoms with van der Waals surface area (Å²) in [5.41, 5.74) is 0.741. The van der Waals surface area contributed by atoms with E-state index in [2.05, 4.69) is 9.88 Å². The molecule has 7 nitrogen and oxygen atoms in total. The minimum absolute atomic E-state index is 0.0255. The number of benzene rings is 1. The number of thiazole rings is 1. The molecule has 0 unspecified atom stereocenters. The molecule has 3 heterocycles. The molecule has 2 amide bonds. The normalized spacial score (nSPS) is 17.1. The number of nitrogens with zero attached hydrogens (tertiary/aromatic N) is 4. The number of fused-ring (bicyclic) bond motifs is 1. The molecule has 8 heteroatoms. The van der Waals surface area contributed by atoms with E-state index in [0.717, 1.165) is 23.9 Å². The van der Waals surface area contributed by atoms with Gasteiger partial charge in [-0.3, -0.25) is 9.59 Å². The van der Waals surface area contributed by atoms with Crippen LogP contribution in [0.25, 0.3) is 0 Å². The lowest BCUT2D eigenvalue weighted by Gasteiger charge is -2.35. The molecule has 2 aromatic rings. The summed E-state index contributed by atoms with van der Waals surface area (Å²) in [6, 6.07) is 7.44. The highest BCUT2D eigenvalue weighted by Gasteiger charge is 2.27. The van der Waals surface area contributed by atoms with Crippen LogP contribution in [0.1, 0.15) is 6.42 Å². The molecule has 2 aliphatic rings. The largest absolute Gasteiger partial charge is 0.482 e. The number of aromatic nitrogens is 1. The zero-order valence-corrected chi connectivity index (χ0v) is 15.2. The molecule has 1 aromatic carbocycles. The topological polar surface area (TPSA) is 66.0 Å². The number of carbonyl (C=O) groups is 2. The predicted molar refractivity (Wildman–Crippen MR) is 99.8 cm³/mol. The van der Waals surface area contributed by atoms with E-state index in [0.29, 0.717) is 31.8 Å². The molecule has 1 fully saturated rings. The summed E-state index contributed by atoms with van der Waals surface area (Å²) in [7, 11) is 0. The second-order valence-corrected chi connectivity index (χ2v) is 7.11. The van der Waals surface area contributed by atoms with Crippen LogP contribution >= 0.6 is 11.3 Å². The Labute approximate surface area is 155 Å². The number of piperazine rings is 1. The molecule has 0 bridgehead atoms. The lowest BCUT2D eigenvalue weighted by atomic mass is 10.2. The Morgan fingerprint density at radius 1 is 1.19 bits per heavy atom. The van der Waals surface area contributed by atoms with Crippen LogP contribution in [0.4, 0.5) is 10.8 Å². The van der Waals surface area contributed by atoms with Gasteiger partial charge < -0.3 is 19.4 Å². The van der Waals surface area contributed by atoms with E-state index in [9.17, 15) is 9.59 Å². The van der Waals surface area contributed by atoms with Crippen molar-refractivity contribution in [3.05, 3.63) is 35.8 Å². The predicted octanol–water partition coefficient (Wildman–Crippen LogP) is 1.61. The zero-order valence-electron chi connectivity index (χ0n) is 14.3. The third-order valence-electron chi connectivity index (χ3n) is 4.68. The third-order valence-corrected chi connectivity index (χ3v) is 5.51. The van der Waals surface area contributed by atoms with Gasteiger partial charge in [0.25, 0.3) is 5.91 Å². The lowest BCUT2D eigenvalue weighted by molar-refractivity contribution is -0.131. The van der Waals surface area contributed by atoms with Gasteiger partial charge in [0.2, 0.25) is 5.91 Å². The van der Waals surface area contributed by atoms with Crippen LogP contribution in [0.5, 0.6) is 5.75 Å². The van der Waals surface area contributed by atoms with Crippen molar-refractivity contribution in [3.63, 3.8) is 0 Å². The van der Waals surface area contributed by atoms with Crippen molar-refractivity contribution in [2.24, 2.45) is 0 Å². The van der Waals surface area contributed by atoms with Gasteiger partial charge in [-0.25, -0.2) is 4.98 Å². The molecule has 0 radical (unpaired) electrons. The van der Waals surface area contributed by atoms with Crippen molar-refractivity contribution in [1.82, 2.24) is 9.88 Å². The molecule has 136 valence electrons. The van der Waals surface area contributed by atoms with Gasteiger partial charge in [-0.1, -0.05) is 12.1 Å². The Bertz CT molecular complexity index is 787. The van der Waals surface area contributed by atoms with Crippen molar-refractivity contribution in [1.29, 1.82) is 0 Å². The summed E-state index contributed by atoms with van der Waals surface area (Å²) in [6.45, 7) is 3.36. The summed E-state index contributed by atoms with van der Waals surface area (Å²) in [4.78, 5) is 34.8. The zero-order chi connectivity index (χ0) is 17.9. The highest BCUT2D eigenvalue weighted by Crippen LogP contribution is 2.31. The number of hydrogen-bond donors (Lipinski definition) is 0. The van der Waals surface area contributed by atoms with Crippen LogP contribution in [0, 0.1) is 0 Å². The maximum Gasteiger partial charge on any atom is 0.265 e. The molecule has 1 aromatic heterocycles. The fourth-order valence-corrected chi connectivity index (χ4v) is 3.98. The Hall–Kier alpha value is -2.61. The number of para-hydroxylation sites is 2. The molecule has 2 aliphatic heterocycles. The number of hydrogen-bond acceptors (Lipinski definition) is 6. The van der Waals surface area contributed by atoms with Gasteiger partial charge in [-0.15, -0.1) is 11.3 Å². The molecule has 0 spiro atoms. The van der Waals surface area contributed by atoms with Crippen molar-refractivity contribution >= 4 is 34.0 Å². The number of carbonyl (C=O) groups excluding carboxylic acids is 2. The number of anilines is 2. The maximum absolute atomic E-state index is 12.6. The fourth-order valence-electron chi connectivity index (χ4n) is 3.28. The number of rotatable bonds is 4. The highest BCUT2D eigenvalue weighted by molar-refractivity contribution is 7.13. The van der Waals surface area contributed by atoms with Gasteiger partial charge >= 0.3 is 0 Å². The SMILES string of the molecule is O=C(CCN1C(=O)COc2ccccc21)N1CCN(c2nccs2)CC1. The molecule has 0 aliphatic carbocycles. The third kappa shape index (κ3) is 3.37. The molecular formula is C18H20N4O3S. The van der Waals surface area contributed by atoms with Gasteiger partial charge in [0.15, 0.2) is 11.7 Å². The Kier molecular flexibility index (Phi) is 4.75. The minimum atomic E-state index is -0.106. The highest BCUT2D eigenvalue weighted by atomic mass is 32.1. The van der Waals surface area contributed by atoms with Gasteiger partial charge in [0, 0.05) is 50.7 Å². The van der Waals surface area contributed by atoms with Gasteiger partial charge in [-0.2, -0.15) is 0 Å². The second-order valence-electron chi connectivity index (χ2n) is 6.23. The molecule has 1 saturated heterocycles. The van der Waals surface area contributed by atoms with E-state index in [1.54, 1.807) is 22.4 Å². The molecular weight excluding hydrogens is 352 g/mol. The Morgan fingerprint density at radius 3 is 2.77 bits per heavy atom. The van der Waals surface area contributed by atoms with Gasteiger partial charge in [0.05, 0.1) is 5.69 Å². The van der Waals surface area contributed by atoms with Crippen molar-refractivity contribution in [3.8, 4) is 5.75 Å². The number of amides is 2. The van der Waals surface area contributed by atoms with Crippen molar-refractivity contribution in [2.45, 2.75) is 6.42 Å². The smallest absolute Gasteiger partial charge is 0.265 e. The van der Waals surface area contributed by atoms with Crippen LogP contribution in [-0.4, -0.2) is 61.0 Å². The van der Waals surface area contributed by atoms with E-state index < -0.39 is 0 Å². The first-order valence-electron chi connectivity index (χ1n) is 8.67. The van der Waals surface area contributed by atoms with E-state index in [4.69, 9.17) is 4.74 Å². The molecule has 0 atom stereocenters. The van der Waals surface area contributed by atoms with E-state index in [1.807, 2.05) is 34.5 Å². The maximum atomic E-state index is 12.6. The molecule has 4 rings (SSSR count). The summed E-state index contributed by atoms with van der Waals surface area (Å²) < 4.78 is 5.44. The van der Waals surface area contributed by atoms with E-state index in [1.165, 1.54) is 0 Å². The molecule has 0 saturated carbocycles. The molecule has 26 heavy (non-hydrogen) atoms. The summed E-state index contributed by atoms with van der Waals surface area (Å²) in [5, 5.41) is 2.97.